The minimum Gasteiger partial charge on any atom is -0.369 e. The van der Waals surface area contributed by atoms with Crippen LogP contribution in [0.15, 0.2) is 69.9 Å². The van der Waals surface area contributed by atoms with Crippen molar-refractivity contribution in [3.05, 3.63) is 81.2 Å². The molecule has 1 aliphatic heterocycles. The van der Waals surface area contributed by atoms with E-state index in [9.17, 15) is 4.79 Å². The largest absolute Gasteiger partial charge is 0.369 e. The normalized spacial score (nSPS) is 15.3. The molecule has 0 atom stereocenters. The first kappa shape index (κ1) is 18.1. The van der Waals surface area contributed by atoms with Gasteiger partial charge in [0.25, 0.3) is 5.56 Å². The number of halogens is 1. The zero-order chi connectivity index (χ0) is 18.8. The van der Waals surface area contributed by atoms with Gasteiger partial charge < -0.3 is 4.90 Å². The summed E-state index contributed by atoms with van der Waals surface area (Å²) in [6.07, 6.45) is 0. The average molecular weight is 427 g/mol. The number of hydrogen-bond acceptors (Lipinski definition) is 3. The Morgan fingerprint density at radius 1 is 0.852 bits per heavy atom. The number of hydrogen-bond donors (Lipinski definition) is 0. The highest BCUT2D eigenvalue weighted by Crippen LogP contribution is 2.20. The van der Waals surface area contributed by atoms with Crippen molar-refractivity contribution in [3.63, 3.8) is 0 Å². The Hall–Kier alpha value is -2.31. The fourth-order valence-electron chi connectivity index (χ4n) is 3.66. The highest BCUT2D eigenvalue weighted by atomic mass is 79.9. The zero-order valence-corrected chi connectivity index (χ0v) is 17.0. The quantitative estimate of drug-likeness (QED) is 0.641. The summed E-state index contributed by atoms with van der Waals surface area (Å²) in [5.74, 6) is 0. The zero-order valence-electron chi connectivity index (χ0n) is 15.4. The van der Waals surface area contributed by atoms with Crippen molar-refractivity contribution in [1.29, 1.82) is 0 Å². The van der Waals surface area contributed by atoms with Crippen molar-refractivity contribution in [2.24, 2.45) is 7.05 Å². The Balaban J connectivity index is 1.50. The van der Waals surface area contributed by atoms with Gasteiger partial charge in [-0.25, -0.2) is 4.68 Å². The van der Waals surface area contributed by atoms with Gasteiger partial charge in [-0.2, -0.15) is 0 Å². The maximum absolute atomic E-state index is 12.8. The van der Waals surface area contributed by atoms with Crippen molar-refractivity contribution in [2.45, 2.75) is 6.54 Å². The molecule has 2 heterocycles. The maximum atomic E-state index is 12.8. The lowest BCUT2D eigenvalue weighted by Crippen LogP contribution is -2.46. The molecule has 0 radical (unpaired) electrons. The molecule has 5 nitrogen and oxygen atoms in total. The lowest BCUT2D eigenvalue weighted by atomic mass is 10.2. The van der Waals surface area contributed by atoms with Crippen LogP contribution in [-0.4, -0.2) is 40.4 Å². The molecule has 0 aliphatic carbocycles. The van der Waals surface area contributed by atoms with E-state index in [1.807, 2.05) is 42.1 Å². The second-order valence-corrected chi connectivity index (χ2v) is 7.63. The van der Waals surface area contributed by atoms with E-state index >= 15 is 0 Å². The van der Waals surface area contributed by atoms with Crippen LogP contribution in [0.25, 0.3) is 5.69 Å². The molecule has 0 bridgehead atoms. The number of piperazine rings is 1. The van der Waals surface area contributed by atoms with Crippen LogP contribution < -0.4 is 10.5 Å². The smallest absolute Gasteiger partial charge is 0.286 e. The maximum Gasteiger partial charge on any atom is 0.286 e. The summed E-state index contributed by atoms with van der Waals surface area (Å²) in [5, 5.41) is 0. The van der Waals surface area contributed by atoms with Gasteiger partial charge in [0.1, 0.15) is 4.47 Å². The van der Waals surface area contributed by atoms with Crippen LogP contribution in [0.4, 0.5) is 5.69 Å². The van der Waals surface area contributed by atoms with E-state index in [2.05, 4.69) is 56.1 Å². The van der Waals surface area contributed by atoms with Gasteiger partial charge in [-0.15, -0.1) is 0 Å². The van der Waals surface area contributed by atoms with Crippen molar-refractivity contribution in [1.82, 2.24) is 14.3 Å². The Bertz CT molecular complexity index is 957. The summed E-state index contributed by atoms with van der Waals surface area (Å²) in [4.78, 5) is 17.6. The molecule has 6 heteroatoms. The van der Waals surface area contributed by atoms with Crippen LogP contribution in [0.1, 0.15) is 5.69 Å². The summed E-state index contributed by atoms with van der Waals surface area (Å²) in [6.45, 7) is 4.71. The van der Waals surface area contributed by atoms with Gasteiger partial charge >= 0.3 is 0 Å². The second kappa shape index (κ2) is 7.74. The standard InChI is InChI=1S/C21H23BrN4O/c1-23-19(20(22)21(27)26(23)18-10-6-3-7-11-18)16-24-12-14-25(15-13-24)17-8-4-2-5-9-17/h2-11H,12-16H2,1H3. The number of nitrogens with zero attached hydrogens (tertiary/aromatic N) is 4. The molecule has 1 aliphatic rings. The Kier molecular flexibility index (Phi) is 5.18. The molecule has 3 aromatic rings. The van der Waals surface area contributed by atoms with Crippen LogP contribution in [0.5, 0.6) is 0 Å². The molecule has 0 saturated carbocycles. The van der Waals surface area contributed by atoms with Crippen molar-refractivity contribution >= 4 is 21.6 Å². The van der Waals surface area contributed by atoms with Crippen LogP contribution in [-0.2, 0) is 13.6 Å². The van der Waals surface area contributed by atoms with E-state index in [4.69, 9.17) is 0 Å². The Morgan fingerprint density at radius 3 is 2.00 bits per heavy atom. The molecule has 140 valence electrons. The monoisotopic (exact) mass is 426 g/mol. The number of aromatic nitrogens is 2. The molecule has 1 saturated heterocycles. The number of rotatable bonds is 4. The molecule has 1 aromatic heterocycles. The van der Waals surface area contributed by atoms with Gasteiger partial charge in [0.05, 0.1) is 11.4 Å². The van der Waals surface area contributed by atoms with E-state index in [0.717, 1.165) is 44.1 Å². The van der Waals surface area contributed by atoms with E-state index in [1.54, 1.807) is 4.68 Å². The van der Waals surface area contributed by atoms with Crippen molar-refractivity contribution in [3.8, 4) is 5.69 Å². The van der Waals surface area contributed by atoms with Crippen LogP contribution in [0.2, 0.25) is 0 Å². The Morgan fingerprint density at radius 2 is 1.41 bits per heavy atom. The van der Waals surface area contributed by atoms with E-state index < -0.39 is 0 Å². The Labute approximate surface area is 167 Å². The molecule has 0 unspecified atom stereocenters. The first-order valence-corrected chi connectivity index (χ1v) is 9.98. The van der Waals surface area contributed by atoms with Crippen LogP contribution in [0.3, 0.4) is 0 Å². The first-order chi connectivity index (χ1) is 13.1. The molecule has 1 fully saturated rings. The first-order valence-electron chi connectivity index (χ1n) is 9.19. The molecule has 0 spiro atoms. The molecule has 4 rings (SSSR count). The topological polar surface area (TPSA) is 33.4 Å². The SMILES string of the molecule is Cn1c(CN2CCN(c3ccccc3)CC2)c(Br)c(=O)n1-c1ccccc1. The molecule has 0 amide bonds. The average Bonchev–Trinajstić information content (AvgIpc) is 2.93. The molecular formula is C21H23BrN4O. The minimum absolute atomic E-state index is 0.0124. The van der Waals surface area contributed by atoms with E-state index in [-0.39, 0.29) is 5.56 Å². The fourth-order valence-corrected chi connectivity index (χ4v) is 4.21. The predicted molar refractivity (Wildman–Crippen MR) is 113 cm³/mol. The van der Waals surface area contributed by atoms with Crippen molar-refractivity contribution < 1.29 is 0 Å². The fraction of sp³-hybridized carbons (Fsp3) is 0.286. The van der Waals surface area contributed by atoms with Gasteiger partial charge in [0, 0.05) is 45.5 Å². The number of para-hydroxylation sites is 2. The van der Waals surface area contributed by atoms with Gasteiger partial charge in [0.2, 0.25) is 0 Å². The number of benzene rings is 2. The third-order valence-electron chi connectivity index (χ3n) is 5.19. The van der Waals surface area contributed by atoms with Gasteiger partial charge in [-0.3, -0.25) is 14.4 Å². The van der Waals surface area contributed by atoms with Gasteiger partial charge in [0.15, 0.2) is 0 Å². The van der Waals surface area contributed by atoms with Gasteiger partial charge in [-0.1, -0.05) is 36.4 Å². The molecule has 2 aromatic carbocycles. The highest BCUT2D eigenvalue weighted by molar-refractivity contribution is 9.10. The van der Waals surface area contributed by atoms with E-state index in [0.29, 0.717) is 4.47 Å². The third-order valence-corrected chi connectivity index (χ3v) is 5.99. The second-order valence-electron chi connectivity index (χ2n) is 6.84. The summed E-state index contributed by atoms with van der Waals surface area (Å²) >= 11 is 3.53. The number of anilines is 1. The summed E-state index contributed by atoms with van der Waals surface area (Å²) < 4.78 is 4.34. The molecule has 0 N–H and O–H groups in total. The summed E-state index contributed by atoms with van der Waals surface area (Å²) in [7, 11) is 1.95. The highest BCUT2D eigenvalue weighted by Gasteiger charge is 2.22. The lowest BCUT2D eigenvalue weighted by molar-refractivity contribution is 0.242. The van der Waals surface area contributed by atoms with Crippen LogP contribution >= 0.6 is 15.9 Å². The van der Waals surface area contributed by atoms with Crippen LogP contribution in [0, 0.1) is 0 Å². The lowest BCUT2D eigenvalue weighted by Gasteiger charge is -2.36. The summed E-state index contributed by atoms with van der Waals surface area (Å²) in [6, 6.07) is 20.3. The molecular weight excluding hydrogens is 404 g/mol. The van der Waals surface area contributed by atoms with Gasteiger partial charge in [-0.05, 0) is 40.2 Å². The third kappa shape index (κ3) is 3.59. The molecule has 27 heavy (non-hydrogen) atoms. The predicted octanol–water partition coefficient (Wildman–Crippen LogP) is 3.26. The minimum atomic E-state index is -0.0124. The van der Waals surface area contributed by atoms with E-state index in [1.165, 1.54) is 5.69 Å². The summed E-state index contributed by atoms with van der Waals surface area (Å²) in [5.41, 5.74) is 3.16. The van der Waals surface area contributed by atoms with Crippen molar-refractivity contribution in [2.75, 3.05) is 31.1 Å².